The van der Waals surface area contributed by atoms with Gasteiger partial charge < -0.3 is 4.74 Å². The highest BCUT2D eigenvalue weighted by Gasteiger charge is 1.91. The molecule has 0 aromatic rings. The molecule has 0 heterocycles. The number of hydrogen-bond acceptors (Lipinski definition) is 2. The highest BCUT2D eigenvalue weighted by molar-refractivity contribution is 5.87. The molecule has 0 unspecified atom stereocenters. The minimum absolute atomic E-state index is 0.357. The zero-order chi connectivity index (χ0) is 6.57. The molecule has 0 saturated heterocycles. The van der Waals surface area contributed by atoms with Crippen LogP contribution in [-0.2, 0) is 9.53 Å². The van der Waals surface area contributed by atoms with E-state index in [0.717, 1.165) is 13.2 Å². The molecule has 0 amide bonds. The fourth-order valence-corrected chi connectivity index (χ4v) is 0.219. The summed E-state index contributed by atoms with van der Waals surface area (Å²) in [5.74, 6) is -0.357. The molecule has 0 radical (unpaired) electrons. The van der Waals surface area contributed by atoms with E-state index in [9.17, 15) is 9.18 Å². The summed E-state index contributed by atoms with van der Waals surface area (Å²) in [6.07, 6.45) is 0.778. The Balaban J connectivity index is 3.75. The minimum atomic E-state index is -0.850. The van der Waals surface area contributed by atoms with Gasteiger partial charge in [-0.25, -0.2) is 0 Å². The molecule has 0 saturated carbocycles. The maximum absolute atomic E-state index is 11.8. The molecule has 0 atom stereocenters. The highest BCUT2D eigenvalue weighted by Crippen LogP contribution is 1.94. The summed E-state index contributed by atoms with van der Waals surface area (Å²) in [5.41, 5.74) is 0. The van der Waals surface area contributed by atoms with E-state index in [1.54, 1.807) is 0 Å². The number of hydrogen-bond donors (Lipinski definition) is 0. The van der Waals surface area contributed by atoms with Gasteiger partial charge in [-0.3, -0.25) is 4.79 Å². The molecule has 0 N–H and O–H groups in total. The van der Waals surface area contributed by atoms with Crippen LogP contribution in [-0.4, -0.2) is 12.9 Å². The second kappa shape index (κ2) is 3.18. The molecule has 0 bridgehead atoms. The second-order valence-corrected chi connectivity index (χ2v) is 1.26. The summed E-state index contributed by atoms with van der Waals surface area (Å²) in [5, 5.41) is 0. The molecule has 2 nitrogen and oxygen atoms in total. The van der Waals surface area contributed by atoms with Crippen LogP contribution in [0.4, 0.5) is 4.39 Å². The van der Waals surface area contributed by atoms with E-state index in [1.165, 1.54) is 6.92 Å². The lowest BCUT2D eigenvalue weighted by molar-refractivity contribution is -0.112. The van der Waals surface area contributed by atoms with Gasteiger partial charge in [0, 0.05) is 0 Å². The van der Waals surface area contributed by atoms with E-state index in [2.05, 4.69) is 4.74 Å². The van der Waals surface area contributed by atoms with Gasteiger partial charge in [-0.1, -0.05) is 0 Å². The molecule has 0 aromatic carbocycles. The van der Waals surface area contributed by atoms with Gasteiger partial charge >= 0.3 is 0 Å². The standard InChI is InChI=1S/C5H7FO2/c1-4(7)3-5(6)8-2/h3H,1-2H3. The molecular formula is C5H7FO2. The number of ketones is 1. The van der Waals surface area contributed by atoms with Crippen LogP contribution in [0.3, 0.4) is 0 Å². The van der Waals surface area contributed by atoms with E-state index in [-0.39, 0.29) is 5.78 Å². The van der Waals surface area contributed by atoms with Crippen molar-refractivity contribution in [2.24, 2.45) is 0 Å². The molecule has 0 fully saturated rings. The molecule has 3 heteroatoms. The third-order valence-corrected chi connectivity index (χ3v) is 0.512. The van der Waals surface area contributed by atoms with Crippen LogP contribution in [0.1, 0.15) is 6.92 Å². The lowest BCUT2D eigenvalue weighted by Gasteiger charge is -1.88. The minimum Gasteiger partial charge on any atom is -0.474 e. The summed E-state index contributed by atoms with van der Waals surface area (Å²) in [6, 6.07) is -0.850. The molecule has 0 aliphatic carbocycles. The maximum Gasteiger partial charge on any atom is 0.276 e. The summed E-state index contributed by atoms with van der Waals surface area (Å²) >= 11 is 0. The molecule has 8 heavy (non-hydrogen) atoms. The third kappa shape index (κ3) is 3.33. The van der Waals surface area contributed by atoms with Crippen LogP contribution < -0.4 is 0 Å². The number of rotatable bonds is 2. The Hall–Kier alpha value is -0.860. The van der Waals surface area contributed by atoms with Gasteiger partial charge in [-0.05, 0) is 6.92 Å². The van der Waals surface area contributed by atoms with E-state index >= 15 is 0 Å². The first kappa shape index (κ1) is 7.14. The molecule has 46 valence electrons. The van der Waals surface area contributed by atoms with Gasteiger partial charge in [-0.15, -0.1) is 0 Å². The zero-order valence-corrected chi connectivity index (χ0v) is 4.77. The van der Waals surface area contributed by atoms with Crippen molar-refractivity contribution >= 4 is 5.78 Å². The first-order chi connectivity index (χ1) is 3.66. The summed E-state index contributed by atoms with van der Waals surface area (Å²) < 4.78 is 15.8. The van der Waals surface area contributed by atoms with Gasteiger partial charge in [0.05, 0.1) is 13.2 Å². The predicted molar refractivity (Wildman–Crippen MR) is 26.9 cm³/mol. The van der Waals surface area contributed by atoms with E-state index in [4.69, 9.17) is 0 Å². The predicted octanol–water partition coefficient (Wildman–Crippen LogP) is 1.03. The number of allylic oxidation sites excluding steroid dienone is 1. The Kier molecular flexibility index (Phi) is 2.84. The number of ether oxygens (including phenoxy) is 1. The Morgan fingerprint density at radius 2 is 2.25 bits per heavy atom. The van der Waals surface area contributed by atoms with E-state index in [0.29, 0.717) is 0 Å². The van der Waals surface area contributed by atoms with Gasteiger partial charge in [0.15, 0.2) is 5.78 Å². The quantitative estimate of drug-likeness (QED) is 0.400. The fraction of sp³-hybridized carbons (Fsp3) is 0.400. The van der Waals surface area contributed by atoms with Crippen molar-refractivity contribution in [3.8, 4) is 0 Å². The number of halogens is 1. The number of carbonyl (C=O) groups excluding carboxylic acids is 1. The smallest absolute Gasteiger partial charge is 0.276 e. The lowest BCUT2D eigenvalue weighted by atomic mass is 10.4. The summed E-state index contributed by atoms with van der Waals surface area (Å²) in [4.78, 5) is 10.0. The average Bonchev–Trinajstić information content (AvgIpc) is 1.65. The Morgan fingerprint density at radius 3 is 2.38 bits per heavy atom. The van der Waals surface area contributed by atoms with Crippen LogP contribution >= 0.6 is 0 Å². The molecule has 0 aliphatic rings. The molecule has 0 aromatic heterocycles. The Bertz CT molecular complexity index is 118. The highest BCUT2D eigenvalue weighted by atomic mass is 19.1. The van der Waals surface area contributed by atoms with Crippen LogP contribution in [0, 0.1) is 0 Å². The molecule has 0 spiro atoms. The van der Waals surface area contributed by atoms with Crippen LogP contribution in [0.25, 0.3) is 0 Å². The SMILES string of the molecule is COC(F)=CC(C)=O. The molecular weight excluding hydrogens is 111 g/mol. The summed E-state index contributed by atoms with van der Waals surface area (Å²) in [7, 11) is 1.16. The Labute approximate surface area is 47.0 Å². The van der Waals surface area contributed by atoms with E-state index in [1.807, 2.05) is 0 Å². The zero-order valence-electron chi connectivity index (χ0n) is 4.77. The van der Waals surface area contributed by atoms with Crippen LogP contribution in [0.2, 0.25) is 0 Å². The lowest BCUT2D eigenvalue weighted by Crippen LogP contribution is -1.85. The summed E-state index contributed by atoms with van der Waals surface area (Å²) in [6.45, 7) is 1.25. The van der Waals surface area contributed by atoms with E-state index < -0.39 is 6.01 Å². The molecule has 0 rings (SSSR count). The van der Waals surface area contributed by atoms with Gasteiger partial charge in [-0.2, -0.15) is 4.39 Å². The first-order valence-electron chi connectivity index (χ1n) is 2.08. The van der Waals surface area contributed by atoms with Crippen molar-refractivity contribution in [1.29, 1.82) is 0 Å². The van der Waals surface area contributed by atoms with Gasteiger partial charge in [0.1, 0.15) is 0 Å². The van der Waals surface area contributed by atoms with Crippen LogP contribution in [0.5, 0.6) is 0 Å². The maximum atomic E-state index is 11.8. The number of methoxy groups -OCH3 is 1. The van der Waals surface area contributed by atoms with Crippen LogP contribution in [0.15, 0.2) is 12.1 Å². The van der Waals surface area contributed by atoms with Gasteiger partial charge in [0.2, 0.25) is 0 Å². The Morgan fingerprint density at radius 1 is 1.75 bits per heavy atom. The van der Waals surface area contributed by atoms with Crippen molar-refractivity contribution in [3.05, 3.63) is 12.1 Å². The monoisotopic (exact) mass is 118 g/mol. The van der Waals surface area contributed by atoms with Crippen molar-refractivity contribution in [2.45, 2.75) is 6.92 Å². The van der Waals surface area contributed by atoms with Crippen molar-refractivity contribution in [2.75, 3.05) is 7.11 Å². The largest absolute Gasteiger partial charge is 0.474 e. The topological polar surface area (TPSA) is 26.3 Å². The fourth-order valence-electron chi connectivity index (χ4n) is 0.219. The number of carbonyl (C=O) groups is 1. The molecule has 0 aliphatic heterocycles. The van der Waals surface area contributed by atoms with Crippen molar-refractivity contribution in [1.82, 2.24) is 0 Å². The van der Waals surface area contributed by atoms with Crippen molar-refractivity contribution in [3.63, 3.8) is 0 Å². The van der Waals surface area contributed by atoms with Gasteiger partial charge in [0.25, 0.3) is 6.01 Å². The first-order valence-corrected chi connectivity index (χ1v) is 2.08. The van der Waals surface area contributed by atoms with Crippen molar-refractivity contribution < 1.29 is 13.9 Å². The third-order valence-electron chi connectivity index (χ3n) is 0.512. The second-order valence-electron chi connectivity index (χ2n) is 1.26. The normalized spacial score (nSPS) is 11.1. The average molecular weight is 118 g/mol.